The number of amides is 2. The Morgan fingerprint density at radius 1 is 1.13 bits per heavy atom. The average molecular weight is 548 g/mol. The van der Waals surface area contributed by atoms with E-state index in [4.69, 9.17) is 10.5 Å². The monoisotopic (exact) mass is 547 g/mol. The molecule has 0 unspecified atom stereocenters. The summed E-state index contributed by atoms with van der Waals surface area (Å²) >= 11 is 0. The van der Waals surface area contributed by atoms with Gasteiger partial charge in [0.15, 0.2) is 5.60 Å². The van der Waals surface area contributed by atoms with Gasteiger partial charge in [-0.25, -0.2) is 0 Å². The number of carbonyl (C=O) groups is 2. The normalized spacial score (nSPS) is 24.3. The SMILES string of the molecule is C[C@@H]1[C@@H]([Si](C)(C)F)[C@H](CCO)O[C@@]12C(=O)N(Cc1cccc(NC(=O)c3ccc(N)cc3)c1)c1ccccc12. The lowest BCUT2D eigenvalue weighted by molar-refractivity contribution is -0.146. The molecule has 7 nitrogen and oxygen atoms in total. The number of hydrogen-bond donors (Lipinski definition) is 3. The molecule has 0 saturated carbocycles. The highest BCUT2D eigenvalue weighted by Crippen LogP contribution is 2.60. The van der Waals surface area contributed by atoms with Crippen molar-refractivity contribution in [2.45, 2.75) is 50.2 Å². The van der Waals surface area contributed by atoms with Crippen molar-refractivity contribution in [3.05, 3.63) is 89.5 Å². The predicted octanol–water partition coefficient (Wildman–Crippen LogP) is 5.23. The van der Waals surface area contributed by atoms with Gasteiger partial charge in [0.05, 0.1) is 18.3 Å². The molecule has 2 heterocycles. The summed E-state index contributed by atoms with van der Waals surface area (Å²) in [6.45, 7) is 5.32. The molecule has 3 aromatic rings. The second kappa shape index (κ2) is 10.2. The minimum Gasteiger partial charge on any atom is -0.399 e. The van der Waals surface area contributed by atoms with E-state index >= 15 is 4.11 Å². The summed E-state index contributed by atoms with van der Waals surface area (Å²) in [5.74, 6) is -0.887. The van der Waals surface area contributed by atoms with Crippen molar-refractivity contribution >= 4 is 37.3 Å². The Morgan fingerprint density at radius 2 is 1.85 bits per heavy atom. The summed E-state index contributed by atoms with van der Waals surface area (Å²) in [5.41, 5.74) is 7.93. The van der Waals surface area contributed by atoms with Crippen LogP contribution in [0.1, 0.15) is 34.8 Å². The molecule has 0 aliphatic carbocycles. The Morgan fingerprint density at radius 3 is 2.54 bits per heavy atom. The summed E-state index contributed by atoms with van der Waals surface area (Å²) in [5, 5.41) is 12.6. The van der Waals surface area contributed by atoms with Gasteiger partial charge in [-0.2, -0.15) is 0 Å². The predicted molar refractivity (Wildman–Crippen MR) is 153 cm³/mol. The number of aliphatic hydroxyl groups excluding tert-OH is 1. The molecule has 2 amide bonds. The fourth-order valence-electron chi connectivity index (χ4n) is 6.32. The first-order chi connectivity index (χ1) is 18.6. The van der Waals surface area contributed by atoms with E-state index in [0.717, 1.165) is 16.8 Å². The number of anilines is 3. The molecule has 0 radical (unpaired) electrons. The van der Waals surface area contributed by atoms with Crippen molar-refractivity contribution < 1.29 is 23.5 Å². The second-order valence-electron chi connectivity index (χ2n) is 11.0. The van der Waals surface area contributed by atoms with E-state index in [-0.39, 0.29) is 31.4 Å². The number of benzene rings is 3. The van der Waals surface area contributed by atoms with Gasteiger partial charge < -0.3 is 29.9 Å². The van der Waals surface area contributed by atoms with Gasteiger partial charge in [-0.15, -0.1) is 0 Å². The van der Waals surface area contributed by atoms with E-state index in [1.807, 2.05) is 49.4 Å². The van der Waals surface area contributed by atoms with Crippen LogP contribution in [0.25, 0.3) is 0 Å². The average Bonchev–Trinajstić information content (AvgIpc) is 3.32. The van der Waals surface area contributed by atoms with Gasteiger partial charge in [0.1, 0.15) is 0 Å². The first-order valence-corrected chi connectivity index (χ1v) is 16.2. The Labute approximate surface area is 229 Å². The molecule has 4 atom stereocenters. The van der Waals surface area contributed by atoms with Crippen LogP contribution in [0.3, 0.4) is 0 Å². The van der Waals surface area contributed by atoms with E-state index < -0.39 is 31.6 Å². The van der Waals surface area contributed by atoms with Crippen molar-refractivity contribution in [3.63, 3.8) is 0 Å². The maximum Gasteiger partial charge on any atom is 0.264 e. The molecule has 0 bridgehead atoms. The van der Waals surface area contributed by atoms with E-state index in [9.17, 15) is 14.7 Å². The highest BCUT2D eigenvalue weighted by molar-refractivity contribution is 6.72. The topological polar surface area (TPSA) is 105 Å². The molecule has 2 aliphatic heterocycles. The van der Waals surface area contributed by atoms with Gasteiger partial charge in [-0.05, 0) is 67.5 Å². The molecular formula is C30H34FN3O4Si. The van der Waals surface area contributed by atoms with Gasteiger partial charge in [0.25, 0.3) is 11.8 Å². The lowest BCUT2D eigenvalue weighted by Gasteiger charge is -2.31. The van der Waals surface area contributed by atoms with Crippen LogP contribution < -0.4 is 16.0 Å². The largest absolute Gasteiger partial charge is 0.399 e. The molecule has 4 N–H and O–H groups in total. The number of hydrogen-bond acceptors (Lipinski definition) is 5. The summed E-state index contributed by atoms with van der Waals surface area (Å²) < 4.78 is 22.1. The number of carbonyl (C=O) groups excluding carboxylic acids is 2. The Balaban J connectivity index is 1.44. The molecule has 1 spiro atoms. The minimum absolute atomic E-state index is 0.136. The molecule has 1 fully saturated rings. The number of nitrogens with one attached hydrogen (secondary N) is 1. The first kappa shape index (κ1) is 27.0. The highest BCUT2D eigenvalue weighted by atomic mass is 28.4. The van der Waals surface area contributed by atoms with Crippen molar-refractivity contribution in [2.75, 3.05) is 22.6 Å². The Kier molecular flexibility index (Phi) is 7.09. The molecule has 2 aliphatic rings. The first-order valence-electron chi connectivity index (χ1n) is 13.2. The zero-order valence-electron chi connectivity index (χ0n) is 22.4. The van der Waals surface area contributed by atoms with Crippen LogP contribution in [0.4, 0.5) is 21.2 Å². The molecule has 39 heavy (non-hydrogen) atoms. The summed E-state index contributed by atoms with van der Waals surface area (Å²) in [6, 6.07) is 21.5. The maximum absolute atomic E-state index is 15.6. The summed E-state index contributed by atoms with van der Waals surface area (Å²) in [4.78, 5) is 28.7. The fourth-order valence-corrected chi connectivity index (χ4v) is 8.87. The van der Waals surface area contributed by atoms with Crippen LogP contribution in [0, 0.1) is 5.92 Å². The number of nitrogens with two attached hydrogens (primary N) is 1. The number of halogens is 1. The van der Waals surface area contributed by atoms with Crippen LogP contribution in [0.5, 0.6) is 0 Å². The fraction of sp³-hybridized carbons (Fsp3) is 0.333. The second-order valence-corrected chi connectivity index (χ2v) is 14.8. The molecule has 5 rings (SSSR count). The highest BCUT2D eigenvalue weighted by Gasteiger charge is 2.66. The lowest BCUT2D eigenvalue weighted by Crippen LogP contribution is -2.45. The Bertz CT molecular complexity index is 1390. The van der Waals surface area contributed by atoms with Crippen LogP contribution >= 0.6 is 0 Å². The molecular weight excluding hydrogens is 513 g/mol. The summed E-state index contributed by atoms with van der Waals surface area (Å²) in [7, 11) is -3.24. The van der Waals surface area contributed by atoms with Crippen LogP contribution in [-0.4, -0.2) is 38.0 Å². The van der Waals surface area contributed by atoms with Gasteiger partial charge >= 0.3 is 0 Å². The minimum atomic E-state index is -3.24. The quantitative estimate of drug-likeness (QED) is 0.214. The van der Waals surface area contributed by atoms with Gasteiger partial charge in [-0.3, -0.25) is 9.59 Å². The van der Waals surface area contributed by atoms with Crippen LogP contribution in [0.2, 0.25) is 18.6 Å². The van der Waals surface area contributed by atoms with Gasteiger partial charge in [0, 0.05) is 40.6 Å². The molecule has 9 heteroatoms. The van der Waals surface area contributed by atoms with Crippen molar-refractivity contribution in [1.29, 1.82) is 0 Å². The van der Waals surface area contributed by atoms with E-state index in [1.165, 1.54) is 0 Å². The third kappa shape index (κ3) is 4.75. The number of nitrogens with zero attached hydrogens (tertiary/aromatic N) is 1. The number of nitrogen functional groups attached to an aromatic ring is 1. The number of para-hydroxylation sites is 1. The van der Waals surface area contributed by atoms with E-state index in [2.05, 4.69) is 5.32 Å². The van der Waals surface area contributed by atoms with Crippen molar-refractivity contribution in [3.8, 4) is 0 Å². The zero-order valence-corrected chi connectivity index (χ0v) is 23.4. The molecule has 3 aromatic carbocycles. The molecule has 0 aromatic heterocycles. The number of fused-ring (bicyclic) bond motifs is 2. The third-order valence-corrected chi connectivity index (χ3v) is 10.4. The van der Waals surface area contributed by atoms with Crippen LogP contribution in [0.15, 0.2) is 72.8 Å². The van der Waals surface area contributed by atoms with Crippen LogP contribution in [-0.2, 0) is 21.7 Å². The summed E-state index contributed by atoms with van der Waals surface area (Å²) in [6.07, 6.45) is -0.261. The smallest absolute Gasteiger partial charge is 0.264 e. The van der Waals surface area contributed by atoms with E-state index in [0.29, 0.717) is 16.9 Å². The molecule has 204 valence electrons. The standard InChI is InChI=1S/C30H34FN3O4Si/c1-19-27(39(2,3)31)26(15-16-35)38-30(19)24-9-4-5-10-25(24)34(29(30)37)18-20-7-6-8-23(17-20)33-28(36)21-11-13-22(32)14-12-21/h4-14,17,19,26-27,35H,15-16,18,32H2,1-3H3,(H,33,36)/t19-,26+,27-,30+/m1/s1. The number of ether oxygens (including phenoxy) is 1. The maximum atomic E-state index is 15.6. The van der Waals surface area contributed by atoms with Crippen molar-refractivity contribution in [2.24, 2.45) is 5.92 Å². The molecule has 1 saturated heterocycles. The van der Waals surface area contributed by atoms with E-state index in [1.54, 1.807) is 48.3 Å². The number of aliphatic hydroxyl groups is 1. The third-order valence-electron chi connectivity index (χ3n) is 7.98. The zero-order chi connectivity index (χ0) is 27.9. The lowest BCUT2D eigenvalue weighted by atomic mass is 9.82. The number of rotatable bonds is 7. The van der Waals surface area contributed by atoms with Crippen molar-refractivity contribution in [1.82, 2.24) is 0 Å². The van der Waals surface area contributed by atoms with Gasteiger partial charge in [-0.1, -0.05) is 37.3 Å². The van der Waals surface area contributed by atoms with Gasteiger partial charge in [0.2, 0.25) is 8.41 Å². The Hall–Kier alpha value is -3.53.